The number of hydrogen-bond acceptors (Lipinski definition) is 2. The first-order chi connectivity index (χ1) is 12.7. The molecule has 0 aliphatic heterocycles. The first-order valence-corrected chi connectivity index (χ1v) is 8.93. The molecule has 0 radical (unpaired) electrons. The van der Waals surface area contributed by atoms with Crippen molar-refractivity contribution >= 4 is 12.0 Å². The van der Waals surface area contributed by atoms with Crippen molar-refractivity contribution in [2.24, 2.45) is 7.05 Å². The van der Waals surface area contributed by atoms with Gasteiger partial charge in [0.1, 0.15) is 0 Å². The second-order valence-corrected chi connectivity index (χ2v) is 6.16. The second-order valence-electron chi connectivity index (χ2n) is 6.16. The molecule has 0 bridgehead atoms. The molecule has 0 aliphatic carbocycles. The van der Waals surface area contributed by atoms with Gasteiger partial charge in [0.15, 0.2) is 0 Å². The minimum absolute atomic E-state index is 0.231. The van der Waals surface area contributed by atoms with E-state index in [2.05, 4.69) is 29.7 Å². The third-order valence-corrected chi connectivity index (χ3v) is 4.23. The van der Waals surface area contributed by atoms with Gasteiger partial charge >= 0.3 is 6.03 Å². The summed E-state index contributed by atoms with van der Waals surface area (Å²) in [6.45, 7) is 2.75. The third-order valence-electron chi connectivity index (χ3n) is 4.23. The summed E-state index contributed by atoms with van der Waals surface area (Å²) in [6, 6.07) is 19.9. The summed E-state index contributed by atoms with van der Waals surface area (Å²) in [5, 5.41) is 5.74. The number of benzene rings is 2. The topological polar surface area (TPSA) is 59.0 Å². The van der Waals surface area contributed by atoms with Gasteiger partial charge in [-0.15, -0.1) is 0 Å². The minimum atomic E-state index is -0.231. The number of urea groups is 1. The Morgan fingerprint density at radius 3 is 2.23 bits per heavy atom. The van der Waals surface area contributed by atoms with Gasteiger partial charge in [-0.05, 0) is 6.42 Å². The summed E-state index contributed by atoms with van der Waals surface area (Å²) in [5.41, 5.74) is 3.89. The van der Waals surface area contributed by atoms with Crippen LogP contribution < -0.4 is 10.6 Å². The highest BCUT2D eigenvalue weighted by atomic mass is 16.2. The van der Waals surface area contributed by atoms with Gasteiger partial charge in [0, 0.05) is 24.7 Å². The zero-order chi connectivity index (χ0) is 18.4. The summed E-state index contributed by atoms with van der Waals surface area (Å²) in [4.78, 5) is 16.9. The Kier molecular flexibility index (Phi) is 5.69. The number of carbonyl (C=O) groups excluding carboxylic acids is 1. The number of nitrogens with one attached hydrogen (secondary N) is 2. The van der Waals surface area contributed by atoms with Crippen molar-refractivity contribution in [3.8, 4) is 22.5 Å². The summed E-state index contributed by atoms with van der Waals surface area (Å²) < 4.78 is 1.93. The van der Waals surface area contributed by atoms with Crippen molar-refractivity contribution in [2.45, 2.75) is 19.8 Å². The molecule has 0 fully saturated rings. The van der Waals surface area contributed by atoms with Crippen molar-refractivity contribution in [2.75, 3.05) is 11.9 Å². The minimum Gasteiger partial charge on any atom is -0.338 e. The smallest absolute Gasteiger partial charge is 0.321 e. The van der Waals surface area contributed by atoms with E-state index in [-0.39, 0.29) is 6.03 Å². The van der Waals surface area contributed by atoms with E-state index >= 15 is 0 Å². The first-order valence-electron chi connectivity index (χ1n) is 8.93. The predicted molar refractivity (Wildman–Crippen MR) is 106 cm³/mol. The molecule has 0 saturated heterocycles. The van der Waals surface area contributed by atoms with Crippen LogP contribution in [0.4, 0.5) is 10.7 Å². The van der Waals surface area contributed by atoms with Crippen LogP contribution in [-0.4, -0.2) is 22.1 Å². The molecule has 0 atom stereocenters. The molecular weight excluding hydrogens is 324 g/mol. The number of hydrogen-bond donors (Lipinski definition) is 2. The monoisotopic (exact) mass is 348 g/mol. The molecule has 2 N–H and O–H groups in total. The zero-order valence-electron chi connectivity index (χ0n) is 15.2. The van der Waals surface area contributed by atoms with Crippen molar-refractivity contribution in [3.63, 3.8) is 0 Å². The highest BCUT2D eigenvalue weighted by Gasteiger charge is 2.18. The van der Waals surface area contributed by atoms with Gasteiger partial charge in [0.05, 0.1) is 11.4 Å². The molecule has 0 saturated carbocycles. The van der Waals surface area contributed by atoms with Gasteiger partial charge in [-0.25, -0.2) is 9.78 Å². The van der Waals surface area contributed by atoms with Crippen LogP contribution in [0.2, 0.25) is 0 Å². The maximum absolute atomic E-state index is 12.2. The number of imidazole rings is 1. The predicted octanol–water partition coefficient (Wildman–Crippen LogP) is 4.68. The zero-order valence-corrected chi connectivity index (χ0v) is 15.2. The molecule has 26 heavy (non-hydrogen) atoms. The van der Waals surface area contributed by atoms with E-state index in [0.29, 0.717) is 12.5 Å². The van der Waals surface area contributed by atoms with Gasteiger partial charge in [-0.1, -0.05) is 74.0 Å². The van der Waals surface area contributed by atoms with Gasteiger partial charge in [0.25, 0.3) is 0 Å². The molecule has 0 spiro atoms. The van der Waals surface area contributed by atoms with Crippen LogP contribution in [-0.2, 0) is 7.05 Å². The van der Waals surface area contributed by atoms with E-state index in [1.54, 1.807) is 0 Å². The Labute approximate surface area is 154 Å². The molecule has 134 valence electrons. The number of nitrogens with zero attached hydrogens (tertiary/aromatic N) is 2. The third kappa shape index (κ3) is 3.94. The van der Waals surface area contributed by atoms with E-state index in [9.17, 15) is 4.79 Å². The SMILES string of the molecule is CCCCNC(=O)Nc1nc(-c2ccccc2)c(-c2ccccc2)n1C. The van der Waals surface area contributed by atoms with E-state index in [4.69, 9.17) is 4.98 Å². The molecule has 2 amide bonds. The highest BCUT2D eigenvalue weighted by Crippen LogP contribution is 2.33. The molecular formula is C21H24N4O. The number of unbranched alkanes of at least 4 members (excludes halogenated alkanes) is 1. The largest absolute Gasteiger partial charge is 0.338 e. The number of anilines is 1. The fourth-order valence-electron chi connectivity index (χ4n) is 2.86. The summed E-state index contributed by atoms with van der Waals surface area (Å²) in [5.74, 6) is 0.525. The Morgan fingerprint density at radius 2 is 1.62 bits per heavy atom. The summed E-state index contributed by atoms with van der Waals surface area (Å²) >= 11 is 0. The molecule has 0 unspecified atom stereocenters. The fourth-order valence-corrected chi connectivity index (χ4v) is 2.86. The van der Waals surface area contributed by atoms with Gasteiger partial charge in [-0.3, -0.25) is 5.32 Å². The molecule has 0 aliphatic rings. The lowest BCUT2D eigenvalue weighted by Gasteiger charge is -2.09. The maximum Gasteiger partial charge on any atom is 0.321 e. The first kappa shape index (κ1) is 17.7. The average Bonchev–Trinajstić information content (AvgIpc) is 2.99. The lowest BCUT2D eigenvalue weighted by atomic mass is 10.1. The van der Waals surface area contributed by atoms with Crippen molar-refractivity contribution in [1.29, 1.82) is 0 Å². The Hall–Kier alpha value is -3.08. The van der Waals surface area contributed by atoms with Crippen molar-refractivity contribution in [1.82, 2.24) is 14.9 Å². The normalized spacial score (nSPS) is 10.5. The van der Waals surface area contributed by atoms with E-state index < -0.39 is 0 Å². The maximum atomic E-state index is 12.2. The quantitative estimate of drug-likeness (QED) is 0.636. The molecule has 5 heteroatoms. The van der Waals surface area contributed by atoms with Crippen LogP contribution in [0.5, 0.6) is 0 Å². The summed E-state index contributed by atoms with van der Waals surface area (Å²) in [6.07, 6.45) is 2.00. The Balaban J connectivity index is 1.97. The average molecular weight is 348 g/mol. The lowest BCUT2D eigenvalue weighted by Crippen LogP contribution is -2.30. The van der Waals surface area contributed by atoms with Crippen molar-refractivity contribution in [3.05, 3.63) is 60.7 Å². The molecule has 2 aromatic carbocycles. The van der Waals surface area contributed by atoms with E-state index in [1.165, 1.54) is 0 Å². The molecule has 3 aromatic rings. The standard InChI is InChI=1S/C21H24N4O/c1-3-4-15-22-21(26)24-20-23-18(16-11-7-5-8-12-16)19(25(20)2)17-13-9-6-10-14-17/h5-14H,3-4,15H2,1-2H3,(H2,22,23,24,26). The van der Waals surface area contributed by atoms with Crippen LogP contribution >= 0.6 is 0 Å². The molecule has 1 heterocycles. The van der Waals surface area contributed by atoms with Crippen molar-refractivity contribution < 1.29 is 4.79 Å². The van der Waals surface area contributed by atoms with Gasteiger partial charge < -0.3 is 9.88 Å². The van der Waals surface area contributed by atoms with E-state index in [1.807, 2.05) is 60.1 Å². The molecule has 1 aromatic heterocycles. The van der Waals surface area contributed by atoms with Crippen LogP contribution in [0.15, 0.2) is 60.7 Å². The number of amides is 2. The van der Waals surface area contributed by atoms with Gasteiger partial charge in [-0.2, -0.15) is 0 Å². The molecule has 5 nitrogen and oxygen atoms in total. The van der Waals surface area contributed by atoms with Gasteiger partial charge in [0.2, 0.25) is 5.95 Å². The van der Waals surface area contributed by atoms with Crippen LogP contribution in [0.3, 0.4) is 0 Å². The van der Waals surface area contributed by atoms with Crippen LogP contribution in [0.1, 0.15) is 19.8 Å². The molecule has 3 rings (SSSR count). The Bertz CT molecular complexity index is 856. The highest BCUT2D eigenvalue weighted by molar-refractivity contribution is 5.90. The Morgan fingerprint density at radius 1 is 1.00 bits per heavy atom. The number of carbonyl (C=O) groups is 1. The number of rotatable bonds is 6. The lowest BCUT2D eigenvalue weighted by molar-refractivity contribution is 0.251. The summed E-state index contributed by atoms with van der Waals surface area (Å²) in [7, 11) is 1.92. The number of aromatic nitrogens is 2. The van der Waals surface area contributed by atoms with Crippen LogP contribution in [0, 0.1) is 0 Å². The second kappa shape index (κ2) is 8.34. The van der Waals surface area contributed by atoms with Crippen LogP contribution in [0.25, 0.3) is 22.5 Å². The van der Waals surface area contributed by atoms with E-state index in [0.717, 1.165) is 35.4 Å². The fraction of sp³-hybridized carbons (Fsp3) is 0.238.